The summed E-state index contributed by atoms with van der Waals surface area (Å²) in [5.41, 5.74) is 1.37. The van der Waals surface area contributed by atoms with Crippen LogP contribution < -0.4 is 0 Å². The standard InChI is InChI=1S/C12H12O4/c1-16-12(15)8-4-2-3-7(5-8)9-6-10(9)11(13)14/h2-5,9-10H,6H2,1H3,(H,13,14)/t9?,10-/m1/s1. The number of rotatable bonds is 3. The normalized spacial score (nSPS) is 22.6. The molecule has 84 valence electrons. The smallest absolute Gasteiger partial charge is 0.337 e. The Morgan fingerprint density at radius 3 is 2.75 bits per heavy atom. The van der Waals surface area contributed by atoms with E-state index in [9.17, 15) is 9.59 Å². The number of carbonyl (C=O) groups excluding carboxylic acids is 1. The zero-order chi connectivity index (χ0) is 11.7. The summed E-state index contributed by atoms with van der Waals surface area (Å²) < 4.78 is 4.61. The molecule has 1 aromatic rings. The van der Waals surface area contributed by atoms with Crippen molar-refractivity contribution in [1.29, 1.82) is 0 Å². The number of hydrogen-bond acceptors (Lipinski definition) is 3. The summed E-state index contributed by atoms with van der Waals surface area (Å²) >= 11 is 0. The predicted molar refractivity (Wildman–Crippen MR) is 56.3 cm³/mol. The molecule has 1 aliphatic carbocycles. The second kappa shape index (κ2) is 3.96. The molecule has 0 heterocycles. The molecule has 16 heavy (non-hydrogen) atoms. The summed E-state index contributed by atoms with van der Waals surface area (Å²) in [6.07, 6.45) is 0.653. The number of ether oxygens (including phenoxy) is 1. The van der Waals surface area contributed by atoms with Crippen LogP contribution >= 0.6 is 0 Å². The highest BCUT2D eigenvalue weighted by Gasteiger charge is 2.44. The number of aliphatic carboxylic acids is 1. The highest BCUT2D eigenvalue weighted by molar-refractivity contribution is 5.89. The Bertz CT molecular complexity index is 438. The van der Waals surface area contributed by atoms with Gasteiger partial charge in [0.2, 0.25) is 0 Å². The van der Waals surface area contributed by atoms with Gasteiger partial charge < -0.3 is 9.84 Å². The molecule has 1 unspecified atom stereocenters. The number of methoxy groups -OCH3 is 1. The number of carbonyl (C=O) groups is 2. The van der Waals surface area contributed by atoms with Crippen LogP contribution in [0.15, 0.2) is 24.3 Å². The Morgan fingerprint density at radius 2 is 2.19 bits per heavy atom. The van der Waals surface area contributed by atoms with Gasteiger partial charge in [0.1, 0.15) is 0 Å². The van der Waals surface area contributed by atoms with Crippen molar-refractivity contribution in [2.75, 3.05) is 7.11 Å². The molecule has 4 nitrogen and oxygen atoms in total. The minimum absolute atomic E-state index is 0.0436. The second-order valence-electron chi connectivity index (χ2n) is 3.90. The summed E-state index contributed by atoms with van der Waals surface area (Å²) in [6, 6.07) is 6.96. The minimum Gasteiger partial charge on any atom is -0.481 e. The van der Waals surface area contributed by atoms with Gasteiger partial charge in [-0.2, -0.15) is 0 Å². The fourth-order valence-electron chi connectivity index (χ4n) is 1.85. The van der Waals surface area contributed by atoms with Crippen LogP contribution in [0.25, 0.3) is 0 Å². The lowest BCUT2D eigenvalue weighted by Crippen LogP contribution is -2.02. The van der Waals surface area contributed by atoms with Gasteiger partial charge in [-0.25, -0.2) is 4.79 Å². The van der Waals surface area contributed by atoms with Crippen molar-refractivity contribution in [3.05, 3.63) is 35.4 Å². The minimum atomic E-state index is -0.770. The van der Waals surface area contributed by atoms with Crippen LogP contribution in [0.1, 0.15) is 28.3 Å². The SMILES string of the molecule is COC(=O)c1cccc(C2C[C@H]2C(=O)O)c1. The molecule has 0 spiro atoms. The van der Waals surface area contributed by atoms with Crippen molar-refractivity contribution in [3.63, 3.8) is 0 Å². The third-order valence-electron chi connectivity index (χ3n) is 2.84. The average Bonchev–Trinajstić information content (AvgIpc) is 3.08. The molecule has 1 aliphatic rings. The lowest BCUT2D eigenvalue weighted by atomic mass is 10.1. The van der Waals surface area contributed by atoms with Gasteiger partial charge in [0.05, 0.1) is 18.6 Å². The molecule has 1 N–H and O–H groups in total. The van der Waals surface area contributed by atoms with E-state index in [0.717, 1.165) is 5.56 Å². The topological polar surface area (TPSA) is 63.6 Å². The van der Waals surface area contributed by atoms with E-state index in [1.807, 2.05) is 6.07 Å². The van der Waals surface area contributed by atoms with Crippen molar-refractivity contribution in [1.82, 2.24) is 0 Å². The lowest BCUT2D eigenvalue weighted by molar-refractivity contribution is -0.138. The maximum atomic E-state index is 11.3. The molecule has 1 aromatic carbocycles. The highest BCUT2D eigenvalue weighted by atomic mass is 16.5. The number of hydrogen-bond donors (Lipinski definition) is 1. The monoisotopic (exact) mass is 220 g/mol. The van der Waals surface area contributed by atoms with Crippen LogP contribution in [0, 0.1) is 5.92 Å². The van der Waals surface area contributed by atoms with Gasteiger partial charge in [0.25, 0.3) is 0 Å². The lowest BCUT2D eigenvalue weighted by Gasteiger charge is -2.02. The maximum absolute atomic E-state index is 11.3. The largest absolute Gasteiger partial charge is 0.481 e. The fraction of sp³-hybridized carbons (Fsp3) is 0.333. The highest BCUT2D eigenvalue weighted by Crippen LogP contribution is 2.47. The number of benzene rings is 1. The number of carboxylic acids is 1. The van der Waals surface area contributed by atoms with Crippen LogP contribution in [-0.4, -0.2) is 24.2 Å². The van der Waals surface area contributed by atoms with Crippen LogP contribution in [0.4, 0.5) is 0 Å². The van der Waals surface area contributed by atoms with Gasteiger partial charge in [-0.1, -0.05) is 12.1 Å². The van der Waals surface area contributed by atoms with E-state index in [1.54, 1.807) is 18.2 Å². The molecule has 0 amide bonds. The summed E-state index contributed by atoms with van der Waals surface area (Å²) in [5, 5.41) is 8.82. The molecule has 0 radical (unpaired) electrons. The molecule has 2 rings (SSSR count). The van der Waals surface area contributed by atoms with E-state index in [2.05, 4.69) is 4.74 Å². The van der Waals surface area contributed by atoms with Gasteiger partial charge in [-0.15, -0.1) is 0 Å². The van der Waals surface area contributed by atoms with E-state index in [1.165, 1.54) is 7.11 Å². The Balaban J connectivity index is 2.18. The third kappa shape index (κ3) is 1.91. The quantitative estimate of drug-likeness (QED) is 0.787. The van der Waals surface area contributed by atoms with Gasteiger partial charge in [0.15, 0.2) is 0 Å². The second-order valence-corrected chi connectivity index (χ2v) is 3.90. The Hall–Kier alpha value is -1.84. The molecular weight excluding hydrogens is 208 g/mol. The van der Waals surface area contributed by atoms with Crippen molar-refractivity contribution >= 4 is 11.9 Å². The first kappa shape index (κ1) is 10.7. The van der Waals surface area contributed by atoms with Gasteiger partial charge >= 0.3 is 11.9 Å². The van der Waals surface area contributed by atoms with Gasteiger partial charge in [-0.3, -0.25) is 4.79 Å². The van der Waals surface area contributed by atoms with Crippen molar-refractivity contribution in [2.24, 2.45) is 5.92 Å². The number of esters is 1. The van der Waals surface area contributed by atoms with Crippen LogP contribution in [-0.2, 0) is 9.53 Å². The summed E-state index contributed by atoms with van der Waals surface area (Å²) in [5.74, 6) is -1.42. The molecule has 1 saturated carbocycles. The van der Waals surface area contributed by atoms with E-state index >= 15 is 0 Å². The van der Waals surface area contributed by atoms with E-state index in [4.69, 9.17) is 5.11 Å². The van der Waals surface area contributed by atoms with Crippen molar-refractivity contribution < 1.29 is 19.4 Å². The summed E-state index contributed by atoms with van der Waals surface area (Å²) in [6.45, 7) is 0. The molecular formula is C12H12O4. The van der Waals surface area contributed by atoms with E-state index < -0.39 is 11.9 Å². The predicted octanol–water partition coefficient (Wildman–Crippen LogP) is 1.66. The van der Waals surface area contributed by atoms with Crippen molar-refractivity contribution in [2.45, 2.75) is 12.3 Å². The molecule has 0 bridgehead atoms. The first-order chi connectivity index (χ1) is 7.63. The average molecular weight is 220 g/mol. The first-order valence-electron chi connectivity index (χ1n) is 5.04. The number of carboxylic acid groups (broad SMARTS) is 1. The molecule has 2 atom stereocenters. The zero-order valence-electron chi connectivity index (χ0n) is 8.84. The molecule has 0 aromatic heterocycles. The zero-order valence-corrected chi connectivity index (χ0v) is 8.84. The van der Waals surface area contributed by atoms with E-state index in [-0.39, 0.29) is 11.8 Å². The Morgan fingerprint density at radius 1 is 1.44 bits per heavy atom. The van der Waals surface area contributed by atoms with Crippen LogP contribution in [0.3, 0.4) is 0 Å². The fourth-order valence-corrected chi connectivity index (χ4v) is 1.85. The maximum Gasteiger partial charge on any atom is 0.337 e. The van der Waals surface area contributed by atoms with Crippen molar-refractivity contribution in [3.8, 4) is 0 Å². The molecule has 1 fully saturated rings. The molecule has 0 saturated heterocycles. The van der Waals surface area contributed by atoms with Gasteiger partial charge in [0, 0.05) is 0 Å². The van der Waals surface area contributed by atoms with Gasteiger partial charge in [-0.05, 0) is 30.0 Å². The summed E-state index contributed by atoms with van der Waals surface area (Å²) in [7, 11) is 1.33. The van der Waals surface area contributed by atoms with E-state index in [0.29, 0.717) is 12.0 Å². The Labute approximate surface area is 92.8 Å². The third-order valence-corrected chi connectivity index (χ3v) is 2.84. The molecule has 4 heteroatoms. The van der Waals surface area contributed by atoms with Crippen LogP contribution in [0.2, 0.25) is 0 Å². The Kier molecular flexibility index (Phi) is 2.64. The summed E-state index contributed by atoms with van der Waals surface area (Å²) in [4.78, 5) is 22.0. The van der Waals surface area contributed by atoms with Crippen LogP contribution in [0.5, 0.6) is 0 Å². The first-order valence-corrected chi connectivity index (χ1v) is 5.04. The molecule has 0 aliphatic heterocycles.